The summed E-state index contributed by atoms with van der Waals surface area (Å²) in [6, 6.07) is 1.64. The lowest BCUT2D eigenvalue weighted by molar-refractivity contribution is -0.389. The molecule has 0 aromatic carbocycles. The van der Waals surface area contributed by atoms with Gasteiger partial charge in [-0.2, -0.15) is 5.26 Å². The molecular formula is C8H3F3IN3O3. The van der Waals surface area contributed by atoms with Crippen LogP contribution in [-0.4, -0.2) is 16.3 Å². The molecular weight excluding hydrogens is 370 g/mol. The van der Waals surface area contributed by atoms with Gasteiger partial charge < -0.3 is 4.74 Å². The van der Waals surface area contributed by atoms with Crippen LogP contribution in [0.25, 0.3) is 0 Å². The Bertz CT molecular complexity index is 527. The summed E-state index contributed by atoms with van der Waals surface area (Å²) in [6.07, 6.45) is -4.53. The summed E-state index contributed by atoms with van der Waals surface area (Å²) >= 11 is 1.64. The third-order valence-corrected chi connectivity index (χ3v) is 2.65. The molecule has 0 fully saturated rings. The summed E-state index contributed by atoms with van der Waals surface area (Å²) in [6.45, 7) is 0. The predicted molar refractivity (Wildman–Crippen MR) is 59.6 cm³/mol. The number of ether oxygens (including phenoxy) is 1. The van der Waals surface area contributed by atoms with E-state index in [1.54, 1.807) is 28.7 Å². The van der Waals surface area contributed by atoms with E-state index in [1.807, 2.05) is 0 Å². The molecule has 0 atom stereocenters. The number of alkyl halides is 3. The number of rotatable bonds is 3. The second kappa shape index (κ2) is 5.34. The Balaban J connectivity index is 3.40. The molecule has 0 N–H and O–H groups in total. The molecule has 1 rings (SSSR count). The fraction of sp³-hybridized carbons (Fsp3) is 0.250. The number of pyridine rings is 1. The Hall–Kier alpha value is -1.64. The number of hydrogen-bond acceptors (Lipinski definition) is 5. The molecule has 10 heteroatoms. The third-order valence-electron chi connectivity index (χ3n) is 1.72. The van der Waals surface area contributed by atoms with E-state index in [0.717, 1.165) is 6.20 Å². The number of nitriles is 1. The highest BCUT2D eigenvalue weighted by Crippen LogP contribution is 2.35. The van der Waals surface area contributed by atoms with Crippen LogP contribution >= 0.6 is 22.6 Å². The highest BCUT2D eigenvalue weighted by Gasteiger charge is 2.37. The average molecular weight is 373 g/mol. The standard InChI is InChI=1S/C8H3F3IN3O3/c9-8(10,11)18-7-6(15(16)17)4(1-2-13)5(12)3-14-7/h3H,1H2. The van der Waals surface area contributed by atoms with Crippen molar-refractivity contribution in [1.82, 2.24) is 4.98 Å². The predicted octanol–water partition coefficient (Wildman–Crippen LogP) is 2.56. The Labute approximate surface area is 112 Å². The molecule has 0 aliphatic heterocycles. The first-order valence-electron chi connectivity index (χ1n) is 4.20. The maximum atomic E-state index is 12.1. The summed E-state index contributed by atoms with van der Waals surface area (Å²) in [7, 11) is 0. The Kier molecular flexibility index (Phi) is 4.28. The summed E-state index contributed by atoms with van der Waals surface area (Å²) < 4.78 is 39.8. The molecule has 18 heavy (non-hydrogen) atoms. The van der Waals surface area contributed by atoms with Gasteiger partial charge in [-0.3, -0.25) is 10.1 Å². The van der Waals surface area contributed by atoms with E-state index < -0.39 is 29.3 Å². The van der Waals surface area contributed by atoms with E-state index in [0.29, 0.717) is 0 Å². The fourth-order valence-corrected chi connectivity index (χ4v) is 1.70. The van der Waals surface area contributed by atoms with Gasteiger partial charge in [-0.1, -0.05) is 0 Å². The average Bonchev–Trinajstić information content (AvgIpc) is 2.20. The Morgan fingerprint density at radius 3 is 2.67 bits per heavy atom. The quantitative estimate of drug-likeness (QED) is 0.462. The second-order valence-corrected chi connectivity index (χ2v) is 4.04. The maximum Gasteiger partial charge on any atom is 0.574 e. The van der Waals surface area contributed by atoms with Crippen LogP contribution in [0.3, 0.4) is 0 Å². The number of nitrogens with zero attached hydrogens (tertiary/aromatic N) is 3. The lowest BCUT2D eigenvalue weighted by atomic mass is 10.2. The van der Waals surface area contributed by atoms with Crippen LogP contribution in [0.15, 0.2) is 6.20 Å². The number of hydrogen-bond donors (Lipinski definition) is 0. The van der Waals surface area contributed by atoms with Crippen molar-refractivity contribution in [1.29, 1.82) is 5.26 Å². The normalized spacial score (nSPS) is 10.8. The zero-order valence-corrected chi connectivity index (χ0v) is 10.5. The van der Waals surface area contributed by atoms with Gasteiger partial charge in [0.25, 0.3) is 0 Å². The molecule has 6 nitrogen and oxygen atoms in total. The van der Waals surface area contributed by atoms with Crippen LogP contribution in [0.5, 0.6) is 5.88 Å². The van der Waals surface area contributed by atoms with Crippen LogP contribution in [0.4, 0.5) is 18.9 Å². The van der Waals surface area contributed by atoms with Gasteiger partial charge >= 0.3 is 17.9 Å². The van der Waals surface area contributed by atoms with E-state index in [4.69, 9.17) is 5.26 Å². The first kappa shape index (κ1) is 14.4. The van der Waals surface area contributed by atoms with Crippen LogP contribution < -0.4 is 4.74 Å². The molecule has 0 aliphatic rings. The van der Waals surface area contributed by atoms with Crippen molar-refractivity contribution in [2.45, 2.75) is 12.8 Å². The fourth-order valence-electron chi connectivity index (χ4n) is 1.12. The molecule has 0 saturated heterocycles. The van der Waals surface area contributed by atoms with Crippen LogP contribution in [0.2, 0.25) is 0 Å². The Morgan fingerprint density at radius 2 is 2.22 bits per heavy atom. The van der Waals surface area contributed by atoms with Gasteiger partial charge in [0.05, 0.1) is 23.0 Å². The minimum Gasteiger partial charge on any atom is -0.381 e. The molecule has 0 bridgehead atoms. The van der Waals surface area contributed by atoms with Gasteiger partial charge in [-0.05, 0) is 22.6 Å². The van der Waals surface area contributed by atoms with Gasteiger partial charge in [0.1, 0.15) is 0 Å². The van der Waals surface area contributed by atoms with Gasteiger partial charge in [0, 0.05) is 9.77 Å². The highest BCUT2D eigenvalue weighted by molar-refractivity contribution is 14.1. The van der Waals surface area contributed by atoms with Crippen molar-refractivity contribution in [3.05, 3.63) is 25.4 Å². The number of aromatic nitrogens is 1. The maximum absolute atomic E-state index is 12.1. The minimum absolute atomic E-state index is 0.155. The second-order valence-electron chi connectivity index (χ2n) is 2.88. The molecule has 1 aromatic heterocycles. The molecule has 96 valence electrons. The molecule has 0 radical (unpaired) electrons. The van der Waals surface area contributed by atoms with Crippen molar-refractivity contribution in [3.63, 3.8) is 0 Å². The lowest BCUT2D eigenvalue weighted by Gasteiger charge is -2.10. The summed E-state index contributed by atoms with van der Waals surface area (Å²) in [5, 5.41) is 19.3. The van der Waals surface area contributed by atoms with E-state index in [-0.39, 0.29) is 9.13 Å². The Morgan fingerprint density at radius 1 is 1.61 bits per heavy atom. The topological polar surface area (TPSA) is 89.0 Å². The summed E-state index contributed by atoms with van der Waals surface area (Å²) in [4.78, 5) is 12.9. The van der Waals surface area contributed by atoms with Crippen LogP contribution in [0, 0.1) is 25.0 Å². The zero-order chi connectivity index (χ0) is 13.9. The van der Waals surface area contributed by atoms with Crippen molar-refractivity contribution in [3.8, 4) is 11.9 Å². The highest BCUT2D eigenvalue weighted by atomic mass is 127. The van der Waals surface area contributed by atoms with Gasteiger partial charge in [0.2, 0.25) is 0 Å². The number of nitro groups is 1. The largest absolute Gasteiger partial charge is 0.574 e. The van der Waals surface area contributed by atoms with E-state index >= 15 is 0 Å². The molecule has 0 saturated carbocycles. The zero-order valence-electron chi connectivity index (χ0n) is 8.36. The first-order chi connectivity index (χ1) is 8.26. The number of halogens is 4. The molecule has 0 aliphatic carbocycles. The lowest BCUT2D eigenvalue weighted by Crippen LogP contribution is -2.19. The minimum atomic E-state index is -5.09. The molecule has 0 amide bonds. The van der Waals surface area contributed by atoms with E-state index in [2.05, 4.69) is 9.72 Å². The summed E-state index contributed by atoms with van der Waals surface area (Å²) in [5.74, 6) is -1.17. The van der Waals surface area contributed by atoms with Crippen molar-refractivity contribution < 1.29 is 22.8 Å². The van der Waals surface area contributed by atoms with Crippen molar-refractivity contribution in [2.24, 2.45) is 0 Å². The van der Waals surface area contributed by atoms with Crippen molar-refractivity contribution in [2.75, 3.05) is 0 Å². The van der Waals surface area contributed by atoms with Gasteiger partial charge in [-0.15, -0.1) is 13.2 Å². The smallest absolute Gasteiger partial charge is 0.381 e. The third kappa shape index (κ3) is 3.42. The molecule has 1 heterocycles. The van der Waals surface area contributed by atoms with E-state index in [1.165, 1.54) is 0 Å². The van der Waals surface area contributed by atoms with Crippen LogP contribution in [0.1, 0.15) is 5.56 Å². The van der Waals surface area contributed by atoms with Gasteiger partial charge in [-0.25, -0.2) is 4.98 Å². The molecule has 0 spiro atoms. The van der Waals surface area contributed by atoms with Gasteiger partial charge in [0.15, 0.2) is 0 Å². The first-order valence-corrected chi connectivity index (χ1v) is 5.28. The van der Waals surface area contributed by atoms with Crippen molar-refractivity contribution >= 4 is 28.3 Å². The SMILES string of the molecule is N#CCc1c(I)cnc(OC(F)(F)F)c1[N+](=O)[O-]. The van der Waals surface area contributed by atoms with Crippen LogP contribution in [-0.2, 0) is 6.42 Å². The molecule has 0 unspecified atom stereocenters. The molecule has 1 aromatic rings. The monoisotopic (exact) mass is 373 g/mol. The van der Waals surface area contributed by atoms with E-state index in [9.17, 15) is 23.3 Å². The summed E-state index contributed by atoms with van der Waals surface area (Å²) in [5.41, 5.74) is -1.10.